The molecule has 146 valence electrons. The third-order valence-electron chi connectivity index (χ3n) is 4.27. The average molecular weight is 417 g/mol. The molecule has 0 bridgehead atoms. The average Bonchev–Trinajstić information content (AvgIpc) is 3.07. The van der Waals surface area contributed by atoms with Crippen LogP contribution in [0.15, 0.2) is 33.8 Å². The third kappa shape index (κ3) is 4.10. The topological polar surface area (TPSA) is 93.5 Å². The molecule has 1 aliphatic heterocycles. The van der Waals surface area contributed by atoms with Crippen molar-refractivity contribution in [3.63, 3.8) is 0 Å². The molecule has 0 atom stereocenters. The molecular weight excluding hydrogens is 396 g/mol. The number of halogens is 1. The highest BCUT2D eigenvalue weighted by Gasteiger charge is 2.27. The van der Waals surface area contributed by atoms with E-state index < -0.39 is 0 Å². The molecule has 0 spiro atoms. The second-order valence-electron chi connectivity index (χ2n) is 6.46. The minimum Gasteiger partial charge on any atom is -0.370 e. The predicted molar refractivity (Wildman–Crippen MR) is 114 cm³/mol. The van der Waals surface area contributed by atoms with Gasteiger partial charge in [-0.05, 0) is 50.6 Å². The van der Waals surface area contributed by atoms with Gasteiger partial charge in [-0.25, -0.2) is 0 Å². The van der Waals surface area contributed by atoms with Crippen molar-refractivity contribution in [3.05, 3.63) is 56.7 Å². The molecule has 0 saturated carbocycles. The van der Waals surface area contributed by atoms with Crippen LogP contribution >= 0.6 is 22.9 Å². The second kappa shape index (κ2) is 8.16. The maximum Gasteiger partial charge on any atom is 0.214 e. The molecule has 0 saturated heterocycles. The summed E-state index contributed by atoms with van der Waals surface area (Å²) in [5.41, 5.74) is 9.81. The molecule has 3 N–H and O–H groups in total. The van der Waals surface area contributed by atoms with Crippen LogP contribution < -0.4 is 11.1 Å². The lowest BCUT2D eigenvalue weighted by Gasteiger charge is -2.11. The lowest BCUT2D eigenvalue weighted by Crippen LogP contribution is -2.14. The monoisotopic (exact) mass is 416 g/mol. The Morgan fingerprint density at radius 1 is 1.21 bits per heavy atom. The summed E-state index contributed by atoms with van der Waals surface area (Å²) in [5.74, 6) is 1.35. The molecule has 2 aromatic heterocycles. The van der Waals surface area contributed by atoms with Gasteiger partial charge in [-0.2, -0.15) is 0 Å². The number of aromatic nitrogens is 1. The fraction of sp³-hybridized carbons (Fsp3) is 0.250. The molecule has 1 amide bonds. The lowest BCUT2D eigenvalue weighted by atomic mass is 10.0. The summed E-state index contributed by atoms with van der Waals surface area (Å²) in [5, 5.41) is 8.28. The van der Waals surface area contributed by atoms with E-state index in [1.165, 1.54) is 22.2 Å². The van der Waals surface area contributed by atoms with Crippen molar-refractivity contribution < 1.29 is 9.32 Å². The molecule has 0 radical (unpaired) electrons. The number of nitrogens with one attached hydrogen (secondary N) is 1. The van der Waals surface area contributed by atoms with Crippen LogP contribution in [-0.4, -0.2) is 16.9 Å². The smallest absolute Gasteiger partial charge is 0.214 e. The van der Waals surface area contributed by atoms with Crippen molar-refractivity contribution in [1.82, 2.24) is 5.16 Å². The molecule has 1 aliphatic rings. The summed E-state index contributed by atoms with van der Waals surface area (Å²) in [6.07, 6.45) is 0. The first-order chi connectivity index (χ1) is 13.3. The Morgan fingerprint density at radius 3 is 2.50 bits per heavy atom. The van der Waals surface area contributed by atoms with Crippen LogP contribution in [0.5, 0.6) is 0 Å². The number of primary amides is 1. The second-order valence-corrected chi connectivity index (χ2v) is 8.12. The first kappa shape index (κ1) is 20.1. The maximum absolute atomic E-state index is 9.22. The maximum atomic E-state index is 9.22. The van der Waals surface area contributed by atoms with Crippen molar-refractivity contribution in [2.24, 2.45) is 10.7 Å². The highest BCUT2D eigenvalue weighted by Crippen LogP contribution is 2.41. The summed E-state index contributed by atoms with van der Waals surface area (Å²) < 4.78 is 5.49. The quantitative estimate of drug-likeness (QED) is 0.593. The van der Waals surface area contributed by atoms with Crippen LogP contribution in [0.1, 0.15) is 34.4 Å². The van der Waals surface area contributed by atoms with Crippen LogP contribution in [0.3, 0.4) is 0 Å². The van der Waals surface area contributed by atoms with Gasteiger partial charge in [-0.3, -0.25) is 9.79 Å². The van der Waals surface area contributed by atoms with Gasteiger partial charge in [0.05, 0.1) is 16.1 Å². The predicted octanol–water partition coefficient (Wildman–Crippen LogP) is 4.85. The van der Waals surface area contributed by atoms with Crippen LogP contribution in [0.25, 0.3) is 10.4 Å². The number of hydrogen-bond acceptors (Lipinski definition) is 6. The number of amides is 1. The number of anilines is 1. The molecule has 28 heavy (non-hydrogen) atoms. The Hall–Kier alpha value is -2.64. The van der Waals surface area contributed by atoms with Gasteiger partial charge in [0.15, 0.2) is 5.76 Å². The number of nitrogens with two attached hydrogens (primary N) is 1. The minimum atomic E-state index is -0.333. The minimum absolute atomic E-state index is 0.333. The van der Waals surface area contributed by atoms with Crippen LogP contribution in [0, 0.1) is 20.8 Å². The van der Waals surface area contributed by atoms with Crippen molar-refractivity contribution in [1.29, 1.82) is 0 Å². The van der Waals surface area contributed by atoms with E-state index in [2.05, 4.69) is 30.1 Å². The number of rotatable bonds is 1. The molecule has 4 rings (SSSR count). The Morgan fingerprint density at radius 2 is 1.86 bits per heavy atom. The number of carbonyl (C=O) groups excluding carboxylic acids is 1. The number of hydrogen-bond donors (Lipinski definition) is 2. The van der Waals surface area contributed by atoms with Gasteiger partial charge in [0.1, 0.15) is 12.4 Å². The molecule has 1 aromatic carbocycles. The van der Waals surface area contributed by atoms with E-state index in [4.69, 9.17) is 21.1 Å². The van der Waals surface area contributed by atoms with Crippen LogP contribution in [0.2, 0.25) is 5.02 Å². The lowest BCUT2D eigenvalue weighted by molar-refractivity contribution is -0.115. The van der Waals surface area contributed by atoms with E-state index >= 15 is 0 Å². The van der Waals surface area contributed by atoms with Gasteiger partial charge in [0.2, 0.25) is 5.91 Å². The molecule has 6 nitrogen and oxygen atoms in total. The zero-order chi connectivity index (χ0) is 20.4. The zero-order valence-electron chi connectivity index (χ0n) is 16.1. The number of aliphatic imine (C=N–C) groups is 1. The van der Waals surface area contributed by atoms with E-state index in [0.29, 0.717) is 11.6 Å². The number of benzene rings is 1. The van der Waals surface area contributed by atoms with Gasteiger partial charge in [0.25, 0.3) is 0 Å². The Labute approximate surface area is 172 Å². The Bertz CT molecular complexity index is 1050. The summed E-state index contributed by atoms with van der Waals surface area (Å²) in [7, 11) is 0. The van der Waals surface area contributed by atoms with Gasteiger partial charge < -0.3 is 15.6 Å². The SMILES string of the molecule is CC(N)=O.Cc1noc2c1-c1sc(C)c(C)c1C(Nc1ccc(Cl)cc1)=NC2. The van der Waals surface area contributed by atoms with E-state index in [9.17, 15) is 4.79 Å². The molecule has 8 heteroatoms. The molecule has 0 unspecified atom stereocenters. The fourth-order valence-corrected chi connectivity index (χ4v) is 4.31. The highest BCUT2D eigenvalue weighted by atomic mass is 35.5. The number of aryl methyl sites for hydroxylation is 2. The van der Waals surface area contributed by atoms with Crippen LogP contribution in [-0.2, 0) is 11.3 Å². The molecular formula is C20H21ClN4O2S. The molecule has 3 heterocycles. The zero-order valence-corrected chi connectivity index (χ0v) is 17.7. The van der Waals surface area contributed by atoms with Crippen molar-refractivity contribution in [3.8, 4) is 10.4 Å². The summed E-state index contributed by atoms with van der Waals surface area (Å²) >= 11 is 7.74. The number of carbonyl (C=O) groups is 1. The van der Waals surface area contributed by atoms with E-state index in [0.717, 1.165) is 34.1 Å². The summed E-state index contributed by atoms with van der Waals surface area (Å²) in [6.45, 7) is 8.04. The number of thiophene rings is 1. The number of amidine groups is 1. The highest BCUT2D eigenvalue weighted by molar-refractivity contribution is 7.16. The molecule has 3 aromatic rings. The van der Waals surface area contributed by atoms with Gasteiger partial charge in [0, 0.05) is 28.1 Å². The Kier molecular flexibility index (Phi) is 5.86. The third-order valence-corrected chi connectivity index (χ3v) is 5.75. The van der Waals surface area contributed by atoms with Gasteiger partial charge >= 0.3 is 0 Å². The van der Waals surface area contributed by atoms with Crippen molar-refractivity contribution >= 4 is 40.4 Å². The normalized spacial score (nSPS) is 12.1. The van der Waals surface area contributed by atoms with E-state index in [1.807, 2.05) is 31.2 Å². The summed E-state index contributed by atoms with van der Waals surface area (Å²) in [6, 6.07) is 7.64. The largest absolute Gasteiger partial charge is 0.370 e. The molecule has 0 fully saturated rings. The summed E-state index contributed by atoms with van der Waals surface area (Å²) in [4.78, 5) is 16.4. The van der Waals surface area contributed by atoms with Crippen molar-refractivity contribution in [2.45, 2.75) is 34.2 Å². The first-order valence-corrected chi connectivity index (χ1v) is 9.86. The van der Waals surface area contributed by atoms with E-state index in [-0.39, 0.29) is 5.91 Å². The van der Waals surface area contributed by atoms with Gasteiger partial charge in [-0.1, -0.05) is 16.8 Å². The molecule has 0 aliphatic carbocycles. The Balaban J connectivity index is 0.000000516. The fourth-order valence-electron chi connectivity index (χ4n) is 2.91. The standard InChI is InChI=1S/C18H16ClN3OS.C2H5NO/c1-9-11(3)24-17-15(9)18(21-13-6-4-12(19)5-7-13)20-8-14-16(17)10(2)22-23-14;1-2(3)4/h4-7H,8H2,1-3H3,(H,20,21);1H3,(H2,3,4). The number of fused-ring (bicyclic) bond motifs is 3. The number of nitrogens with zero attached hydrogens (tertiary/aromatic N) is 2. The van der Waals surface area contributed by atoms with Crippen molar-refractivity contribution in [2.75, 3.05) is 5.32 Å². The first-order valence-electron chi connectivity index (χ1n) is 8.67. The van der Waals surface area contributed by atoms with Crippen LogP contribution in [0.4, 0.5) is 5.69 Å². The van der Waals surface area contributed by atoms with Gasteiger partial charge in [-0.15, -0.1) is 11.3 Å². The van der Waals surface area contributed by atoms with E-state index in [1.54, 1.807) is 11.3 Å².